The van der Waals surface area contributed by atoms with Gasteiger partial charge in [-0.15, -0.1) is 0 Å². The van der Waals surface area contributed by atoms with Crippen LogP contribution < -0.4 is 10.6 Å². The molecule has 0 spiro atoms. The number of aryl methyl sites for hydroxylation is 1. The Morgan fingerprint density at radius 2 is 1.72 bits per heavy atom. The summed E-state index contributed by atoms with van der Waals surface area (Å²) < 4.78 is 12.8. The summed E-state index contributed by atoms with van der Waals surface area (Å²) >= 11 is 0. The van der Waals surface area contributed by atoms with Gasteiger partial charge in [0.1, 0.15) is 5.82 Å². The molecule has 2 aromatic rings. The molecule has 0 saturated carbocycles. The number of carbonyl (C=O) groups is 2. The third-order valence-electron chi connectivity index (χ3n) is 4.38. The van der Waals surface area contributed by atoms with E-state index in [1.165, 1.54) is 29.8 Å². The standard InChI is InChI=1S/C19H19FN2O3/c20-15-5-7-16(8-6-15)22-18(24)17(23)21-12-19(25)10-9-13-3-1-2-4-14(13)11-19/h1-8,25H,9-12H2,(H,21,23)(H,22,24). The highest BCUT2D eigenvalue weighted by Crippen LogP contribution is 2.28. The van der Waals surface area contributed by atoms with Crippen LogP contribution in [0.15, 0.2) is 48.5 Å². The molecule has 0 bridgehead atoms. The fraction of sp³-hybridized carbons (Fsp3) is 0.263. The van der Waals surface area contributed by atoms with Crippen molar-refractivity contribution in [3.05, 3.63) is 65.5 Å². The number of hydrogen-bond donors (Lipinski definition) is 3. The van der Waals surface area contributed by atoms with Crippen LogP contribution in [0.3, 0.4) is 0 Å². The summed E-state index contributed by atoms with van der Waals surface area (Å²) in [5.41, 5.74) is 1.51. The molecule has 1 unspecified atom stereocenters. The number of hydrogen-bond acceptors (Lipinski definition) is 3. The topological polar surface area (TPSA) is 78.4 Å². The third-order valence-corrected chi connectivity index (χ3v) is 4.38. The second kappa shape index (κ2) is 7.03. The summed E-state index contributed by atoms with van der Waals surface area (Å²) in [6, 6.07) is 13.0. The lowest BCUT2D eigenvalue weighted by molar-refractivity contribution is -0.136. The maximum atomic E-state index is 12.8. The van der Waals surface area contributed by atoms with E-state index in [-0.39, 0.29) is 6.54 Å². The normalized spacial score (nSPS) is 19.0. The second-order valence-electron chi connectivity index (χ2n) is 6.31. The van der Waals surface area contributed by atoms with E-state index in [1.54, 1.807) is 0 Å². The van der Waals surface area contributed by atoms with Crippen molar-refractivity contribution in [2.45, 2.75) is 24.9 Å². The molecular formula is C19H19FN2O3. The van der Waals surface area contributed by atoms with Gasteiger partial charge in [0, 0.05) is 18.7 Å². The SMILES string of the molecule is O=C(NCC1(O)CCc2ccccc2C1)C(=O)Nc1ccc(F)cc1. The number of aliphatic hydroxyl groups is 1. The molecule has 2 amide bonds. The van der Waals surface area contributed by atoms with Crippen molar-refractivity contribution < 1.29 is 19.1 Å². The first kappa shape index (κ1) is 17.1. The summed E-state index contributed by atoms with van der Waals surface area (Å²) in [7, 11) is 0. The lowest BCUT2D eigenvalue weighted by Gasteiger charge is -2.33. The molecule has 25 heavy (non-hydrogen) atoms. The molecular weight excluding hydrogens is 323 g/mol. The van der Waals surface area contributed by atoms with Crippen molar-refractivity contribution in [3.8, 4) is 0 Å². The van der Waals surface area contributed by atoms with Crippen LogP contribution in [0, 0.1) is 5.82 Å². The number of benzene rings is 2. The number of fused-ring (bicyclic) bond motifs is 1. The summed E-state index contributed by atoms with van der Waals surface area (Å²) in [6.07, 6.45) is 1.68. The van der Waals surface area contributed by atoms with Gasteiger partial charge in [-0.3, -0.25) is 9.59 Å². The van der Waals surface area contributed by atoms with E-state index < -0.39 is 23.2 Å². The maximum Gasteiger partial charge on any atom is 0.313 e. The van der Waals surface area contributed by atoms with E-state index in [0.29, 0.717) is 18.5 Å². The van der Waals surface area contributed by atoms with E-state index in [4.69, 9.17) is 0 Å². The highest BCUT2D eigenvalue weighted by molar-refractivity contribution is 6.39. The molecule has 0 saturated heterocycles. The van der Waals surface area contributed by atoms with Crippen LogP contribution in [-0.2, 0) is 22.4 Å². The fourth-order valence-electron chi connectivity index (χ4n) is 2.98. The lowest BCUT2D eigenvalue weighted by atomic mass is 9.80. The minimum absolute atomic E-state index is 0.00297. The maximum absolute atomic E-state index is 12.8. The third kappa shape index (κ3) is 4.22. The van der Waals surface area contributed by atoms with Gasteiger partial charge in [-0.1, -0.05) is 24.3 Å². The van der Waals surface area contributed by atoms with E-state index >= 15 is 0 Å². The molecule has 0 heterocycles. The van der Waals surface area contributed by atoms with Crippen LogP contribution in [-0.4, -0.2) is 29.1 Å². The smallest absolute Gasteiger partial charge is 0.313 e. The van der Waals surface area contributed by atoms with E-state index in [1.807, 2.05) is 24.3 Å². The first-order valence-corrected chi connectivity index (χ1v) is 8.09. The fourth-order valence-corrected chi connectivity index (χ4v) is 2.98. The summed E-state index contributed by atoms with van der Waals surface area (Å²) in [5, 5.41) is 15.5. The highest BCUT2D eigenvalue weighted by Gasteiger charge is 2.32. The largest absolute Gasteiger partial charge is 0.388 e. The van der Waals surface area contributed by atoms with Crippen molar-refractivity contribution >= 4 is 17.5 Å². The molecule has 3 rings (SSSR count). The number of nitrogens with one attached hydrogen (secondary N) is 2. The molecule has 3 N–H and O–H groups in total. The zero-order valence-corrected chi connectivity index (χ0v) is 13.6. The van der Waals surface area contributed by atoms with Crippen molar-refractivity contribution in [2.75, 3.05) is 11.9 Å². The molecule has 0 aromatic heterocycles. The van der Waals surface area contributed by atoms with Gasteiger partial charge < -0.3 is 15.7 Å². The van der Waals surface area contributed by atoms with Crippen molar-refractivity contribution in [3.63, 3.8) is 0 Å². The van der Waals surface area contributed by atoms with Crippen LogP contribution in [0.4, 0.5) is 10.1 Å². The Kier molecular flexibility index (Phi) is 4.81. The summed E-state index contributed by atoms with van der Waals surface area (Å²) in [4.78, 5) is 23.8. The Labute approximate surface area is 144 Å². The Bertz CT molecular complexity index is 792. The molecule has 1 aliphatic carbocycles. The van der Waals surface area contributed by atoms with Crippen LogP contribution in [0.25, 0.3) is 0 Å². The molecule has 0 aliphatic heterocycles. The molecule has 0 fully saturated rings. The van der Waals surface area contributed by atoms with Crippen LogP contribution >= 0.6 is 0 Å². The molecule has 1 atom stereocenters. The minimum Gasteiger partial charge on any atom is -0.388 e. The number of halogens is 1. The Hall–Kier alpha value is -2.73. The average molecular weight is 342 g/mol. The van der Waals surface area contributed by atoms with Gasteiger partial charge in [0.15, 0.2) is 0 Å². The molecule has 6 heteroatoms. The average Bonchev–Trinajstić information content (AvgIpc) is 2.61. The zero-order valence-electron chi connectivity index (χ0n) is 13.6. The number of amides is 2. The van der Waals surface area contributed by atoms with Gasteiger partial charge >= 0.3 is 11.8 Å². The monoisotopic (exact) mass is 342 g/mol. The number of carbonyl (C=O) groups excluding carboxylic acids is 2. The molecule has 2 aromatic carbocycles. The summed E-state index contributed by atoms with van der Waals surface area (Å²) in [6.45, 7) is -0.00297. The number of anilines is 1. The Morgan fingerprint density at radius 1 is 1.04 bits per heavy atom. The van der Waals surface area contributed by atoms with Crippen molar-refractivity contribution in [2.24, 2.45) is 0 Å². The van der Waals surface area contributed by atoms with Gasteiger partial charge in [-0.25, -0.2) is 4.39 Å². The predicted octanol–water partition coefficient (Wildman–Crippen LogP) is 1.80. The molecule has 1 aliphatic rings. The first-order chi connectivity index (χ1) is 12.0. The Balaban J connectivity index is 1.55. The second-order valence-corrected chi connectivity index (χ2v) is 6.31. The summed E-state index contributed by atoms with van der Waals surface area (Å²) in [5.74, 6) is -2.12. The molecule has 130 valence electrons. The van der Waals surface area contributed by atoms with Gasteiger partial charge in [-0.05, 0) is 48.2 Å². The lowest BCUT2D eigenvalue weighted by Crippen LogP contribution is -2.49. The minimum atomic E-state index is -1.07. The quantitative estimate of drug-likeness (QED) is 0.744. The van der Waals surface area contributed by atoms with Gasteiger partial charge in [0.2, 0.25) is 0 Å². The first-order valence-electron chi connectivity index (χ1n) is 8.09. The van der Waals surface area contributed by atoms with E-state index in [2.05, 4.69) is 10.6 Å². The predicted molar refractivity (Wildman–Crippen MR) is 91.5 cm³/mol. The molecule has 5 nitrogen and oxygen atoms in total. The van der Waals surface area contributed by atoms with Crippen LogP contribution in [0.5, 0.6) is 0 Å². The van der Waals surface area contributed by atoms with Gasteiger partial charge in [-0.2, -0.15) is 0 Å². The molecule has 0 radical (unpaired) electrons. The van der Waals surface area contributed by atoms with Gasteiger partial charge in [0.05, 0.1) is 5.60 Å². The van der Waals surface area contributed by atoms with E-state index in [0.717, 1.165) is 12.0 Å². The Morgan fingerprint density at radius 3 is 2.44 bits per heavy atom. The van der Waals surface area contributed by atoms with Gasteiger partial charge in [0.25, 0.3) is 0 Å². The number of rotatable bonds is 3. The van der Waals surface area contributed by atoms with E-state index in [9.17, 15) is 19.1 Å². The highest BCUT2D eigenvalue weighted by atomic mass is 19.1. The van der Waals surface area contributed by atoms with Crippen LogP contribution in [0.2, 0.25) is 0 Å². The van der Waals surface area contributed by atoms with Crippen molar-refractivity contribution in [1.29, 1.82) is 0 Å². The van der Waals surface area contributed by atoms with Crippen molar-refractivity contribution in [1.82, 2.24) is 5.32 Å². The van der Waals surface area contributed by atoms with Crippen LogP contribution in [0.1, 0.15) is 17.5 Å². The zero-order chi connectivity index (χ0) is 17.9.